The predicted molar refractivity (Wildman–Crippen MR) is 66.3 cm³/mol. The number of hydrogen-bond acceptors (Lipinski definition) is 4. The molecule has 2 aromatic rings. The first-order valence-corrected chi connectivity index (χ1v) is 6.13. The summed E-state index contributed by atoms with van der Waals surface area (Å²) in [5.41, 5.74) is 5.83. The van der Waals surface area contributed by atoms with Crippen LogP contribution in [0.5, 0.6) is 0 Å². The van der Waals surface area contributed by atoms with Crippen LogP contribution >= 0.6 is 11.8 Å². The van der Waals surface area contributed by atoms with Gasteiger partial charge < -0.3 is 10.3 Å². The van der Waals surface area contributed by atoms with Crippen LogP contribution < -0.4 is 5.73 Å². The summed E-state index contributed by atoms with van der Waals surface area (Å²) in [6.45, 7) is 0. The fourth-order valence-electron chi connectivity index (χ4n) is 1.43. The minimum Gasteiger partial charge on any atom is -0.369 e. The molecule has 7 heteroatoms. The van der Waals surface area contributed by atoms with E-state index in [0.29, 0.717) is 11.0 Å². The average Bonchev–Trinajstić information content (AvgIpc) is 2.69. The maximum absolute atomic E-state index is 12.8. The van der Waals surface area contributed by atoms with Crippen LogP contribution in [0, 0.1) is 5.82 Å². The smallest absolute Gasteiger partial charge is 0.227 e. The molecule has 1 heterocycles. The van der Waals surface area contributed by atoms with Gasteiger partial charge in [0.15, 0.2) is 11.0 Å². The van der Waals surface area contributed by atoms with E-state index in [4.69, 9.17) is 5.73 Å². The van der Waals surface area contributed by atoms with Crippen molar-refractivity contribution in [1.82, 2.24) is 14.8 Å². The highest BCUT2D eigenvalue weighted by molar-refractivity contribution is 7.99. The van der Waals surface area contributed by atoms with E-state index in [0.717, 1.165) is 5.56 Å². The summed E-state index contributed by atoms with van der Waals surface area (Å²) >= 11 is 1.21. The van der Waals surface area contributed by atoms with Gasteiger partial charge in [-0.3, -0.25) is 4.79 Å². The van der Waals surface area contributed by atoms with Gasteiger partial charge in [0, 0.05) is 12.6 Å². The second kappa shape index (κ2) is 5.18. The maximum Gasteiger partial charge on any atom is 0.227 e. The van der Waals surface area contributed by atoms with Crippen LogP contribution in [0.3, 0.4) is 0 Å². The van der Waals surface area contributed by atoms with Gasteiger partial charge in [-0.05, 0) is 24.3 Å². The molecular weight excluding hydrogens is 255 g/mol. The minimum atomic E-state index is -0.411. The Balaban J connectivity index is 2.25. The first-order chi connectivity index (χ1) is 8.58. The largest absolute Gasteiger partial charge is 0.369 e. The molecule has 0 aliphatic rings. The second-order valence-corrected chi connectivity index (χ2v) is 4.57. The SMILES string of the molecule is Cn1c(SCC(N)=O)nnc1-c1ccc(F)cc1. The Hall–Kier alpha value is -1.89. The molecule has 0 saturated heterocycles. The third kappa shape index (κ3) is 2.67. The number of aromatic nitrogens is 3. The first kappa shape index (κ1) is 12.6. The molecule has 0 unspecified atom stereocenters. The summed E-state index contributed by atoms with van der Waals surface area (Å²) in [7, 11) is 1.78. The van der Waals surface area contributed by atoms with Crippen molar-refractivity contribution >= 4 is 17.7 Å². The average molecular weight is 266 g/mol. The zero-order valence-corrected chi connectivity index (χ0v) is 10.4. The van der Waals surface area contributed by atoms with Crippen molar-refractivity contribution in [2.24, 2.45) is 12.8 Å². The van der Waals surface area contributed by atoms with Crippen molar-refractivity contribution in [3.8, 4) is 11.4 Å². The van der Waals surface area contributed by atoms with Crippen molar-refractivity contribution in [3.05, 3.63) is 30.1 Å². The number of carbonyl (C=O) groups is 1. The summed E-state index contributed by atoms with van der Waals surface area (Å²) in [5.74, 6) is 0.0487. The van der Waals surface area contributed by atoms with Crippen LogP contribution in [0.25, 0.3) is 11.4 Å². The van der Waals surface area contributed by atoms with Gasteiger partial charge in [-0.1, -0.05) is 11.8 Å². The molecule has 2 rings (SSSR count). The number of thioether (sulfide) groups is 1. The summed E-state index contributed by atoms with van der Waals surface area (Å²) in [5, 5.41) is 8.56. The standard InChI is InChI=1S/C11H11FN4OS/c1-16-10(7-2-4-8(12)5-3-7)14-15-11(16)18-6-9(13)17/h2-5H,6H2,1H3,(H2,13,17). The van der Waals surface area contributed by atoms with Gasteiger partial charge in [0.25, 0.3) is 0 Å². The lowest BCUT2D eigenvalue weighted by atomic mass is 10.2. The quantitative estimate of drug-likeness (QED) is 0.844. The van der Waals surface area contributed by atoms with E-state index >= 15 is 0 Å². The molecule has 0 aliphatic carbocycles. The third-order valence-corrected chi connectivity index (χ3v) is 3.32. The van der Waals surface area contributed by atoms with E-state index in [1.807, 2.05) is 0 Å². The Morgan fingerprint density at radius 3 is 2.67 bits per heavy atom. The highest BCUT2D eigenvalue weighted by atomic mass is 32.2. The van der Waals surface area contributed by atoms with Crippen LogP contribution in [0.2, 0.25) is 0 Å². The monoisotopic (exact) mass is 266 g/mol. The normalized spacial score (nSPS) is 10.6. The minimum absolute atomic E-state index is 0.148. The fourth-order valence-corrected chi connectivity index (χ4v) is 2.08. The molecule has 0 spiro atoms. The van der Waals surface area contributed by atoms with E-state index < -0.39 is 5.91 Å². The number of nitrogens with zero attached hydrogens (tertiary/aromatic N) is 3. The van der Waals surface area contributed by atoms with Gasteiger partial charge >= 0.3 is 0 Å². The van der Waals surface area contributed by atoms with Crippen LogP contribution in [0.4, 0.5) is 4.39 Å². The highest BCUT2D eigenvalue weighted by Gasteiger charge is 2.11. The van der Waals surface area contributed by atoms with Crippen molar-refractivity contribution in [1.29, 1.82) is 0 Å². The van der Waals surface area contributed by atoms with Crippen LogP contribution in [0.15, 0.2) is 29.4 Å². The van der Waals surface area contributed by atoms with Crippen molar-refractivity contribution in [2.75, 3.05) is 5.75 Å². The Morgan fingerprint density at radius 2 is 2.06 bits per heavy atom. The van der Waals surface area contributed by atoms with Crippen molar-refractivity contribution in [3.63, 3.8) is 0 Å². The number of benzene rings is 1. The van der Waals surface area contributed by atoms with E-state index in [1.54, 1.807) is 23.7 Å². The van der Waals surface area contributed by atoms with Crippen LogP contribution in [-0.2, 0) is 11.8 Å². The number of nitrogens with two attached hydrogens (primary N) is 1. The lowest BCUT2D eigenvalue weighted by molar-refractivity contribution is -0.115. The summed E-state index contributed by atoms with van der Waals surface area (Å²) < 4.78 is 14.6. The van der Waals surface area contributed by atoms with Crippen LogP contribution in [-0.4, -0.2) is 26.4 Å². The number of halogens is 1. The van der Waals surface area contributed by atoms with Gasteiger partial charge in [-0.25, -0.2) is 4.39 Å². The molecule has 0 aliphatic heterocycles. The Labute approximate surface area is 107 Å². The van der Waals surface area contributed by atoms with Gasteiger partial charge in [0.2, 0.25) is 5.91 Å². The third-order valence-electron chi connectivity index (χ3n) is 2.28. The Bertz CT molecular complexity index is 567. The van der Waals surface area contributed by atoms with Gasteiger partial charge in [-0.2, -0.15) is 0 Å². The molecule has 1 aromatic carbocycles. The second-order valence-electron chi connectivity index (χ2n) is 3.63. The molecule has 94 valence electrons. The topological polar surface area (TPSA) is 73.8 Å². The van der Waals surface area contributed by atoms with E-state index in [-0.39, 0.29) is 11.6 Å². The first-order valence-electron chi connectivity index (χ1n) is 5.14. The molecule has 5 nitrogen and oxygen atoms in total. The summed E-state index contributed by atoms with van der Waals surface area (Å²) in [6, 6.07) is 5.98. The number of primary amides is 1. The number of amides is 1. The summed E-state index contributed by atoms with van der Waals surface area (Å²) in [6.07, 6.45) is 0. The van der Waals surface area contributed by atoms with E-state index in [9.17, 15) is 9.18 Å². The number of carbonyl (C=O) groups excluding carboxylic acids is 1. The molecule has 0 radical (unpaired) electrons. The molecule has 18 heavy (non-hydrogen) atoms. The molecule has 0 bridgehead atoms. The Morgan fingerprint density at radius 1 is 1.39 bits per heavy atom. The predicted octanol–water partition coefficient (Wildman–Crippen LogP) is 1.20. The highest BCUT2D eigenvalue weighted by Crippen LogP contribution is 2.22. The molecule has 0 fully saturated rings. The van der Waals surface area contributed by atoms with Gasteiger partial charge in [-0.15, -0.1) is 10.2 Å². The molecule has 0 atom stereocenters. The fraction of sp³-hybridized carbons (Fsp3) is 0.182. The molecule has 2 N–H and O–H groups in total. The molecule has 0 saturated carbocycles. The van der Waals surface area contributed by atoms with Crippen molar-refractivity contribution in [2.45, 2.75) is 5.16 Å². The van der Waals surface area contributed by atoms with Crippen LogP contribution in [0.1, 0.15) is 0 Å². The Kier molecular flexibility index (Phi) is 3.61. The van der Waals surface area contributed by atoms with Crippen molar-refractivity contribution < 1.29 is 9.18 Å². The zero-order chi connectivity index (χ0) is 13.1. The molecule has 1 aromatic heterocycles. The van der Waals surface area contributed by atoms with Gasteiger partial charge in [0.1, 0.15) is 5.82 Å². The number of rotatable bonds is 4. The van der Waals surface area contributed by atoms with E-state index in [1.165, 1.54) is 23.9 Å². The molecular formula is C11H11FN4OS. The molecule has 1 amide bonds. The maximum atomic E-state index is 12.8. The zero-order valence-electron chi connectivity index (χ0n) is 9.63. The van der Waals surface area contributed by atoms with Gasteiger partial charge in [0.05, 0.1) is 5.75 Å². The van der Waals surface area contributed by atoms with E-state index in [2.05, 4.69) is 10.2 Å². The number of hydrogen-bond donors (Lipinski definition) is 1. The lowest BCUT2D eigenvalue weighted by Crippen LogP contribution is -2.13. The summed E-state index contributed by atoms with van der Waals surface area (Å²) in [4.78, 5) is 10.7. The lowest BCUT2D eigenvalue weighted by Gasteiger charge is -2.02.